The predicted molar refractivity (Wildman–Crippen MR) is 168 cm³/mol. The molecule has 218 valence electrons. The van der Waals surface area contributed by atoms with E-state index < -0.39 is 0 Å². The molecule has 0 fully saturated rings. The van der Waals surface area contributed by atoms with Gasteiger partial charge in [-0.3, -0.25) is 0 Å². The highest BCUT2D eigenvalue weighted by Gasteiger charge is 2.06. The molecule has 0 amide bonds. The van der Waals surface area contributed by atoms with Gasteiger partial charge in [0.25, 0.3) is 0 Å². The van der Waals surface area contributed by atoms with Crippen molar-refractivity contribution < 1.29 is 0 Å². The van der Waals surface area contributed by atoms with E-state index in [1.165, 1.54) is 180 Å². The lowest BCUT2D eigenvalue weighted by atomic mass is 9.92. The number of unbranched alkanes of at least 4 members (excludes halogenated alkanes) is 18. The van der Waals surface area contributed by atoms with Gasteiger partial charge in [0.05, 0.1) is 0 Å². The molecule has 0 heteroatoms. The lowest BCUT2D eigenvalue weighted by Crippen LogP contribution is -1.99. The Morgan fingerprint density at radius 1 is 0.250 bits per heavy atom. The second-order valence-electron chi connectivity index (χ2n) is 13.1. The average Bonchev–Trinajstić information content (AvgIpc) is 2.86. The van der Waals surface area contributed by atoms with Crippen molar-refractivity contribution in [3.63, 3.8) is 0 Å². The summed E-state index contributed by atoms with van der Waals surface area (Å²) < 4.78 is 0. The molecule has 0 aliphatic rings. The van der Waals surface area contributed by atoms with Crippen LogP contribution in [0.15, 0.2) is 0 Å². The highest BCUT2D eigenvalue weighted by molar-refractivity contribution is 4.60. The smallest absolute Gasteiger partial charge is 0.0443 e. The van der Waals surface area contributed by atoms with Crippen LogP contribution >= 0.6 is 0 Å². The van der Waals surface area contributed by atoms with Gasteiger partial charge in [-0.25, -0.2) is 0 Å². The Hall–Kier alpha value is 0. The third-order valence-corrected chi connectivity index (χ3v) is 8.89. The van der Waals surface area contributed by atoms with Gasteiger partial charge in [0.2, 0.25) is 0 Å². The fourth-order valence-electron chi connectivity index (χ4n) is 6.02. The Balaban J connectivity index is 3.33. The van der Waals surface area contributed by atoms with E-state index >= 15 is 0 Å². The standard InChI is InChI=1S/C36H74/c1-6-8-10-11-12-13-14-15-16-17-18-20-24-30-35(4)32-27-33-36(5)31-26-22-19-21-25-29-34(3)28-23-9-7-2/h34-36H,6-33H2,1-5H3. The number of hydrogen-bond donors (Lipinski definition) is 0. The molecule has 36 heavy (non-hydrogen) atoms. The van der Waals surface area contributed by atoms with Crippen LogP contribution in [-0.4, -0.2) is 0 Å². The van der Waals surface area contributed by atoms with Crippen molar-refractivity contribution in [1.29, 1.82) is 0 Å². The molecule has 0 aromatic rings. The Kier molecular flexibility index (Phi) is 29.6. The fraction of sp³-hybridized carbons (Fsp3) is 1.00. The minimum atomic E-state index is 0.951. The van der Waals surface area contributed by atoms with Crippen LogP contribution in [0.5, 0.6) is 0 Å². The average molecular weight is 507 g/mol. The van der Waals surface area contributed by atoms with Gasteiger partial charge in [0.1, 0.15) is 0 Å². The molecule has 3 atom stereocenters. The maximum absolute atomic E-state index is 2.51. The van der Waals surface area contributed by atoms with Crippen molar-refractivity contribution in [3.8, 4) is 0 Å². The van der Waals surface area contributed by atoms with Crippen LogP contribution < -0.4 is 0 Å². The van der Waals surface area contributed by atoms with Crippen LogP contribution in [0.2, 0.25) is 0 Å². The first-order valence-corrected chi connectivity index (χ1v) is 17.6. The Bertz CT molecular complexity index is 385. The second-order valence-corrected chi connectivity index (χ2v) is 13.1. The zero-order valence-electron chi connectivity index (χ0n) is 26.5. The zero-order chi connectivity index (χ0) is 26.5. The summed E-state index contributed by atoms with van der Waals surface area (Å²) >= 11 is 0. The van der Waals surface area contributed by atoms with E-state index in [1.807, 2.05) is 0 Å². The van der Waals surface area contributed by atoms with Gasteiger partial charge < -0.3 is 0 Å². The van der Waals surface area contributed by atoms with E-state index in [2.05, 4.69) is 34.6 Å². The number of hydrogen-bond acceptors (Lipinski definition) is 0. The molecule has 0 heterocycles. The van der Waals surface area contributed by atoms with E-state index in [0.29, 0.717) is 0 Å². The molecule has 0 rings (SSSR count). The lowest BCUT2D eigenvalue weighted by Gasteiger charge is -2.14. The minimum Gasteiger partial charge on any atom is -0.0654 e. The zero-order valence-corrected chi connectivity index (χ0v) is 26.5. The van der Waals surface area contributed by atoms with Gasteiger partial charge >= 0.3 is 0 Å². The summed E-state index contributed by atoms with van der Waals surface area (Å²) in [7, 11) is 0. The molecular weight excluding hydrogens is 432 g/mol. The second kappa shape index (κ2) is 29.6. The van der Waals surface area contributed by atoms with Crippen LogP contribution in [0.4, 0.5) is 0 Å². The molecule has 0 aliphatic carbocycles. The molecular formula is C36H74. The lowest BCUT2D eigenvalue weighted by molar-refractivity contribution is 0.389. The van der Waals surface area contributed by atoms with Gasteiger partial charge in [0.15, 0.2) is 0 Å². The maximum atomic E-state index is 2.51. The monoisotopic (exact) mass is 507 g/mol. The van der Waals surface area contributed by atoms with Crippen LogP contribution in [0.3, 0.4) is 0 Å². The Labute approximate surface area is 232 Å². The normalized spacial score (nSPS) is 14.2. The highest BCUT2D eigenvalue weighted by Crippen LogP contribution is 2.22. The molecule has 0 saturated carbocycles. The van der Waals surface area contributed by atoms with Gasteiger partial charge in [-0.05, 0) is 17.8 Å². The topological polar surface area (TPSA) is 0 Å². The quantitative estimate of drug-likeness (QED) is 0.0849. The minimum absolute atomic E-state index is 0.951. The van der Waals surface area contributed by atoms with E-state index in [1.54, 1.807) is 0 Å². The summed E-state index contributed by atoms with van der Waals surface area (Å²) in [6.07, 6.45) is 41.0. The molecule has 0 aromatic heterocycles. The molecule has 0 aromatic carbocycles. The van der Waals surface area contributed by atoms with Crippen LogP contribution in [0, 0.1) is 17.8 Å². The summed E-state index contributed by atoms with van der Waals surface area (Å²) in [5.41, 5.74) is 0. The molecule has 0 saturated heterocycles. The summed E-state index contributed by atoms with van der Waals surface area (Å²) in [4.78, 5) is 0. The summed E-state index contributed by atoms with van der Waals surface area (Å²) in [6.45, 7) is 12.1. The fourth-order valence-corrected chi connectivity index (χ4v) is 6.02. The molecule has 0 radical (unpaired) electrons. The summed E-state index contributed by atoms with van der Waals surface area (Å²) in [5, 5.41) is 0. The van der Waals surface area contributed by atoms with Crippen molar-refractivity contribution in [2.24, 2.45) is 17.8 Å². The van der Waals surface area contributed by atoms with E-state index in [4.69, 9.17) is 0 Å². The third-order valence-electron chi connectivity index (χ3n) is 8.89. The largest absolute Gasteiger partial charge is 0.0654 e. The summed E-state index contributed by atoms with van der Waals surface area (Å²) in [5.74, 6) is 2.87. The van der Waals surface area contributed by atoms with Crippen molar-refractivity contribution in [2.45, 2.75) is 214 Å². The van der Waals surface area contributed by atoms with Crippen molar-refractivity contribution in [2.75, 3.05) is 0 Å². The van der Waals surface area contributed by atoms with Crippen LogP contribution in [-0.2, 0) is 0 Å². The van der Waals surface area contributed by atoms with Crippen LogP contribution in [0.25, 0.3) is 0 Å². The van der Waals surface area contributed by atoms with Crippen LogP contribution in [0.1, 0.15) is 214 Å². The SMILES string of the molecule is CCCCCCCCCCCCCCCC(C)CCCC(C)CCCCCCCC(C)CCCCC. The van der Waals surface area contributed by atoms with Gasteiger partial charge in [-0.15, -0.1) is 0 Å². The van der Waals surface area contributed by atoms with Crippen molar-refractivity contribution in [1.82, 2.24) is 0 Å². The maximum Gasteiger partial charge on any atom is -0.0443 e. The number of rotatable bonds is 30. The predicted octanol–water partition coefficient (Wildman–Crippen LogP) is 13.9. The van der Waals surface area contributed by atoms with Gasteiger partial charge in [0, 0.05) is 0 Å². The summed E-state index contributed by atoms with van der Waals surface area (Å²) in [6, 6.07) is 0. The molecule has 0 spiro atoms. The molecule has 0 aliphatic heterocycles. The molecule has 0 bridgehead atoms. The first kappa shape index (κ1) is 36.0. The van der Waals surface area contributed by atoms with Gasteiger partial charge in [-0.1, -0.05) is 214 Å². The van der Waals surface area contributed by atoms with E-state index in [9.17, 15) is 0 Å². The molecule has 0 nitrogen and oxygen atoms in total. The molecule has 0 N–H and O–H groups in total. The highest BCUT2D eigenvalue weighted by atomic mass is 14.1. The first-order chi connectivity index (χ1) is 17.6. The van der Waals surface area contributed by atoms with E-state index in [-0.39, 0.29) is 0 Å². The third kappa shape index (κ3) is 28.6. The molecule has 3 unspecified atom stereocenters. The Morgan fingerprint density at radius 3 is 0.750 bits per heavy atom. The first-order valence-electron chi connectivity index (χ1n) is 17.6. The Morgan fingerprint density at radius 2 is 0.444 bits per heavy atom. The van der Waals surface area contributed by atoms with Crippen molar-refractivity contribution >= 4 is 0 Å². The van der Waals surface area contributed by atoms with Crippen molar-refractivity contribution in [3.05, 3.63) is 0 Å². The van der Waals surface area contributed by atoms with Gasteiger partial charge in [-0.2, -0.15) is 0 Å². The van der Waals surface area contributed by atoms with E-state index in [0.717, 1.165) is 17.8 Å².